The number of nitrogens with zero attached hydrogens (tertiary/aromatic N) is 5. The Morgan fingerprint density at radius 1 is 1.04 bits per heavy atom. The monoisotopic (exact) mass is 421 g/mol. The number of halogens is 2. The molecule has 2 N–H and O–H groups in total. The highest BCUT2D eigenvalue weighted by Crippen LogP contribution is 2.26. The molecule has 1 aliphatic heterocycles. The van der Waals surface area contributed by atoms with Gasteiger partial charge in [0.15, 0.2) is 0 Å². The number of fused-ring (bicyclic) bond motifs is 1. The van der Waals surface area contributed by atoms with Gasteiger partial charge in [0, 0.05) is 25.1 Å². The summed E-state index contributed by atoms with van der Waals surface area (Å²) in [6, 6.07) is 10.6. The Kier molecular flexibility index (Phi) is 8.63. The van der Waals surface area contributed by atoms with E-state index in [0.29, 0.717) is 0 Å². The van der Waals surface area contributed by atoms with Gasteiger partial charge in [0.2, 0.25) is 0 Å². The quantitative estimate of drug-likeness (QED) is 0.636. The molecule has 28 heavy (non-hydrogen) atoms. The number of aryl methyl sites for hydroxylation is 1. The van der Waals surface area contributed by atoms with Crippen molar-refractivity contribution in [3.8, 4) is 0 Å². The fourth-order valence-electron chi connectivity index (χ4n) is 3.38. The Morgan fingerprint density at radius 3 is 2.64 bits per heavy atom. The zero-order chi connectivity index (χ0) is 17.6. The average molecular weight is 422 g/mol. The van der Waals surface area contributed by atoms with Crippen molar-refractivity contribution < 1.29 is 0 Å². The molecule has 1 unspecified atom stereocenters. The molecule has 1 aromatic carbocycles. The Balaban J connectivity index is 0.00000140. The molecule has 0 radical (unpaired) electrons. The standard InChI is InChI=1S/C19H23N7.2ClH/c1-2-4-15(5-3-1)17(8-11-26-14-21-12-24-26)25-19-16-6-9-20-10-7-18(16)22-13-23-19;;/h1-5,12-14,17,20H,6-11H2,(H,22,23,25);2*1H. The van der Waals surface area contributed by atoms with Gasteiger partial charge in [-0.3, -0.25) is 4.68 Å². The molecule has 4 rings (SSSR count). The zero-order valence-electron chi connectivity index (χ0n) is 15.5. The first-order valence-corrected chi connectivity index (χ1v) is 9.07. The molecule has 0 amide bonds. The Labute approximate surface area is 177 Å². The lowest BCUT2D eigenvalue weighted by Gasteiger charge is -2.22. The SMILES string of the molecule is Cl.Cl.c1ccc(C(CCn2cncn2)Nc2ncnc3c2CCNCC3)cc1. The number of nitrogens with one attached hydrogen (secondary N) is 2. The van der Waals surface area contributed by atoms with Crippen molar-refractivity contribution in [3.05, 3.63) is 66.1 Å². The predicted molar refractivity (Wildman–Crippen MR) is 114 cm³/mol. The van der Waals surface area contributed by atoms with Gasteiger partial charge in [0.1, 0.15) is 24.8 Å². The van der Waals surface area contributed by atoms with Gasteiger partial charge in [-0.25, -0.2) is 15.0 Å². The van der Waals surface area contributed by atoms with Gasteiger partial charge in [-0.05, 0) is 24.9 Å². The van der Waals surface area contributed by atoms with Crippen molar-refractivity contribution in [1.82, 2.24) is 30.0 Å². The van der Waals surface area contributed by atoms with E-state index in [4.69, 9.17) is 0 Å². The van der Waals surface area contributed by atoms with Gasteiger partial charge in [-0.15, -0.1) is 24.8 Å². The van der Waals surface area contributed by atoms with Gasteiger partial charge < -0.3 is 10.6 Å². The van der Waals surface area contributed by atoms with E-state index in [2.05, 4.69) is 54.9 Å². The van der Waals surface area contributed by atoms with Crippen LogP contribution in [-0.2, 0) is 19.4 Å². The molecule has 0 saturated carbocycles. The highest BCUT2D eigenvalue weighted by Gasteiger charge is 2.18. The molecule has 0 spiro atoms. The van der Waals surface area contributed by atoms with Gasteiger partial charge in [-0.2, -0.15) is 5.10 Å². The van der Waals surface area contributed by atoms with E-state index in [0.717, 1.165) is 50.4 Å². The maximum Gasteiger partial charge on any atom is 0.137 e. The van der Waals surface area contributed by atoms with Crippen molar-refractivity contribution in [3.63, 3.8) is 0 Å². The van der Waals surface area contributed by atoms with Crippen LogP contribution in [-0.4, -0.2) is 37.8 Å². The average Bonchev–Trinajstić information content (AvgIpc) is 3.09. The first-order valence-electron chi connectivity index (χ1n) is 9.07. The van der Waals surface area contributed by atoms with Crippen LogP contribution < -0.4 is 10.6 Å². The predicted octanol–water partition coefficient (Wildman–Crippen LogP) is 2.84. The summed E-state index contributed by atoms with van der Waals surface area (Å²) in [6.07, 6.45) is 7.79. The van der Waals surface area contributed by atoms with Crippen molar-refractivity contribution in [1.29, 1.82) is 0 Å². The Bertz CT molecular complexity index is 828. The molecule has 1 atom stereocenters. The molecular formula is C19H25Cl2N7. The van der Waals surface area contributed by atoms with Crippen LogP contribution >= 0.6 is 24.8 Å². The maximum atomic E-state index is 4.56. The van der Waals surface area contributed by atoms with E-state index in [1.54, 1.807) is 19.0 Å². The molecule has 0 fully saturated rings. The van der Waals surface area contributed by atoms with Gasteiger partial charge in [-0.1, -0.05) is 30.3 Å². The minimum atomic E-state index is 0. The number of aromatic nitrogens is 5. The molecule has 0 saturated heterocycles. The van der Waals surface area contributed by atoms with E-state index in [-0.39, 0.29) is 30.9 Å². The van der Waals surface area contributed by atoms with E-state index in [1.807, 2.05) is 10.7 Å². The number of rotatable bonds is 6. The summed E-state index contributed by atoms with van der Waals surface area (Å²) in [5, 5.41) is 11.3. The highest BCUT2D eigenvalue weighted by atomic mass is 35.5. The van der Waals surface area contributed by atoms with Crippen LogP contribution in [0.2, 0.25) is 0 Å². The summed E-state index contributed by atoms with van der Waals surface area (Å²) >= 11 is 0. The van der Waals surface area contributed by atoms with Crippen LogP contribution in [0.1, 0.15) is 29.3 Å². The summed E-state index contributed by atoms with van der Waals surface area (Å²) < 4.78 is 1.86. The Hall–Kier alpha value is -2.22. The largest absolute Gasteiger partial charge is 0.363 e. The minimum absolute atomic E-state index is 0. The lowest BCUT2D eigenvalue weighted by atomic mass is 10.0. The normalized spacial score (nSPS) is 14.0. The number of benzene rings is 1. The second-order valence-corrected chi connectivity index (χ2v) is 6.45. The second-order valence-electron chi connectivity index (χ2n) is 6.45. The third-order valence-corrected chi connectivity index (χ3v) is 4.75. The minimum Gasteiger partial charge on any atom is -0.363 e. The van der Waals surface area contributed by atoms with Crippen LogP contribution in [0, 0.1) is 0 Å². The molecular weight excluding hydrogens is 397 g/mol. The summed E-state index contributed by atoms with van der Waals surface area (Å²) in [7, 11) is 0. The highest BCUT2D eigenvalue weighted by molar-refractivity contribution is 5.85. The molecule has 7 nitrogen and oxygen atoms in total. The summed E-state index contributed by atoms with van der Waals surface area (Å²) in [4.78, 5) is 13.1. The zero-order valence-corrected chi connectivity index (χ0v) is 17.1. The number of hydrogen-bond acceptors (Lipinski definition) is 6. The van der Waals surface area contributed by atoms with Gasteiger partial charge >= 0.3 is 0 Å². The second kappa shape index (κ2) is 10.9. The number of hydrogen-bond donors (Lipinski definition) is 2. The molecule has 0 aliphatic carbocycles. The first-order chi connectivity index (χ1) is 12.9. The van der Waals surface area contributed by atoms with Gasteiger partial charge in [0.25, 0.3) is 0 Å². The van der Waals surface area contributed by atoms with E-state index in [1.165, 1.54) is 11.1 Å². The Morgan fingerprint density at radius 2 is 1.86 bits per heavy atom. The summed E-state index contributed by atoms with van der Waals surface area (Å²) in [5.74, 6) is 0.950. The van der Waals surface area contributed by atoms with E-state index in [9.17, 15) is 0 Å². The van der Waals surface area contributed by atoms with Crippen LogP contribution in [0.15, 0.2) is 49.3 Å². The fourth-order valence-corrected chi connectivity index (χ4v) is 3.38. The topological polar surface area (TPSA) is 80.6 Å². The third kappa shape index (κ3) is 5.41. The van der Waals surface area contributed by atoms with Crippen LogP contribution in [0.4, 0.5) is 5.82 Å². The summed E-state index contributed by atoms with van der Waals surface area (Å²) in [5.41, 5.74) is 3.63. The van der Waals surface area contributed by atoms with Crippen LogP contribution in [0.25, 0.3) is 0 Å². The molecule has 3 heterocycles. The lowest BCUT2D eigenvalue weighted by Crippen LogP contribution is -2.18. The first kappa shape index (κ1) is 22.1. The number of anilines is 1. The van der Waals surface area contributed by atoms with Crippen molar-refractivity contribution in [2.45, 2.75) is 31.8 Å². The molecule has 0 bridgehead atoms. The molecule has 9 heteroatoms. The lowest BCUT2D eigenvalue weighted by molar-refractivity contribution is 0.536. The molecule has 1 aliphatic rings. The molecule has 3 aromatic rings. The van der Waals surface area contributed by atoms with E-state index >= 15 is 0 Å². The van der Waals surface area contributed by atoms with Gasteiger partial charge in [0.05, 0.1) is 11.7 Å². The van der Waals surface area contributed by atoms with Crippen LogP contribution in [0.3, 0.4) is 0 Å². The van der Waals surface area contributed by atoms with Crippen molar-refractivity contribution >= 4 is 30.6 Å². The smallest absolute Gasteiger partial charge is 0.137 e. The third-order valence-electron chi connectivity index (χ3n) is 4.75. The van der Waals surface area contributed by atoms with E-state index < -0.39 is 0 Å². The molecule has 150 valence electrons. The fraction of sp³-hybridized carbons (Fsp3) is 0.368. The van der Waals surface area contributed by atoms with Crippen LogP contribution in [0.5, 0.6) is 0 Å². The molecule has 2 aromatic heterocycles. The van der Waals surface area contributed by atoms with Crippen molar-refractivity contribution in [2.75, 3.05) is 18.4 Å². The van der Waals surface area contributed by atoms with Crippen molar-refractivity contribution in [2.24, 2.45) is 0 Å². The summed E-state index contributed by atoms with van der Waals surface area (Å²) in [6.45, 7) is 2.73. The maximum absolute atomic E-state index is 4.56.